The van der Waals surface area contributed by atoms with Gasteiger partial charge in [0.15, 0.2) is 0 Å². The highest BCUT2D eigenvalue weighted by molar-refractivity contribution is 6.09. The third-order valence-electron chi connectivity index (χ3n) is 4.83. The standard InChI is InChI=1S/C18H20F2N4O3/c1-10(2)17(3,9-21)22-14(25)8-24-15(26)18(4,23-16(24)27)12-7-11(19)5-6-13(12)20/h5-7,10H,8H2,1-4H3,(H,22,25)(H,23,27)/t17-,18-/m0/s1. The molecule has 0 saturated carbocycles. The molecule has 2 atom stereocenters. The number of urea groups is 1. The second-order valence-electron chi connectivity index (χ2n) is 7.09. The lowest BCUT2D eigenvalue weighted by Gasteiger charge is -2.28. The third kappa shape index (κ3) is 3.60. The van der Waals surface area contributed by atoms with Gasteiger partial charge < -0.3 is 10.6 Å². The van der Waals surface area contributed by atoms with Gasteiger partial charge in [-0.2, -0.15) is 5.26 Å². The van der Waals surface area contributed by atoms with Gasteiger partial charge in [-0.25, -0.2) is 13.6 Å². The first-order chi connectivity index (χ1) is 12.4. The smallest absolute Gasteiger partial charge is 0.325 e. The van der Waals surface area contributed by atoms with Crippen molar-refractivity contribution >= 4 is 17.8 Å². The summed E-state index contributed by atoms with van der Waals surface area (Å²) in [4.78, 5) is 37.8. The number of nitrogens with zero attached hydrogens (tertiary/aromatic N) is 2. The zero-order valence-corrected chi connectivity index (χ0v) is 15.4. The minimum Gasteiger partial charge on any atom is -0.336 e. The van der Waals surface area contributed by atoms with Crippen LogP contribution in [-0.2, 0) is 15.1 Å². The Hall–Kier alpha value is -3.02. The van der Waals surface area contributed by atoms with Crippen molar-refractivity contribution in [2.45, 2.75) is 38.8 Å². The van der Waals surface area contributed by atoms with Crippen molar-refractivity contribution in [1.82, 2.24) is 15.5 Å². The fourth-order valence-electron chi connectivity index (χ4n) is 2.68. The summed E-state index contributed by atoms with van der Waals surface area (Å²) in [7, 11) is 0. The van der Waals surface area contributed by atoms with E-state index in [0.717, 1.165) is 18.2 Å². The Morgan fingerprint density at radius 3 is 2.59 bits per heavy atom. The van der Waals surface area contributed by atoms with Crippen LogP contribution in [0.4, 0.5) is 13.6 Å². The summed E-state index contributed by atoms with van der Waals surface area (Å²) in [6.07, 6.45) is 0. The van der Waals surface area contributed by atoms with Crippen LogP contribution in [0.25, 0.3) is 0 Å². The molecule has 7 nitrogen and oxygen atoms in total. The topological polar surface area (TPSA) is 102 Å². The van der Waals surface area contributed by atoms with E-state index < -0.39 is 47.1 Å². The van der Waals surface area contributed by atoms with Crippen molar-refractivity contribution in [2.75, 3.05) is 6.54 Å². The van der Waals surface area contributed by atoms with Gasteiger partial charge in [0, 0.05) is 5.56 Å². The molecule has 4 amide bonds. The summed E-state index contributed by atoms with van der Waals surface area (Å²) in [5.74, 6) is -3.47. The van der Waals surface area contributed by atoms with Crippen molar-refractivity contribution in [3.8, 4) is 6.07 Å². The number of carbonyl (C=O) groups is 3. The van der Waals surface area contributed by atoms with E-state index in [0.29, 0.717) is 4.90 Å². The van der Waals surface area contributed by atoms with Crippen LogP contribution in [-0.4, -0.2) is 34.8 Å². The Labute approximate surface area is 155 Å². The number of nitrogens with one attached hydrogen (secondary N) is 2. The largest absolute Gasteiger partial charge is 0.336 e. The SMILES string of the molecule is CC(C)[C@](C)(C#N)NC(=O)CN1C(=O)N[C@@](C)(c2cc(F)ccc2F)C1=O. The summed E-state index contributed by atoms with van der Waals surface area (Å²) in [6, 6.07) is 3.64. The normalized spacial score (nSPS) is 21.6. The van der Waals surface area contributed by atoms with Crippen molar-refractivity contribution in [2.24, 2.45) is 5.92 Å². The molecule has 1 aliphatic heterocycles. The molecule has 1 saturated heterocycles. The van der Waals surface area contributed by atoms with Gasteiger partial charge in [0.25, 0.3) is 5.91 Å². The van der Waals surface area contributed by atoms with Crippen LogP contribution >= 0.6 is 0 Å². The fourth-order valence-corrected chi connectivity index (χ4v) is 2.68. The number of halogens is 2. The maximum Gasteiger partial charge on any atom is 0.325 e. The third-order valence-corrected chi connectivity index (χ3v) is 4.83. The summed E-state index contributed by atoms with van der Waals surface area (Å²) in [6.45, 7) is 5.58. The molecule has 1 heterocycles. The van der Waals surface area contributed by atoms with Crippen molar-refractivity contribution in [3.05, 3.63) is 35.4 Å². The van der Waals surface area contributed by atoms with Gasteiger partial charge in [-0.3, -0.25) is 14.5 Å². The van der Waals surface area contributed by atoms with Crippen LogP contribution in [0.15, 0.2) is 18.2 Å². The van der Waals surface area contributed by atoms with E-state index in [9.17, 15) is 28.4 Å². The number of imide groups is 1. The molecule has 0 aliphatic carbocycles. The van der Waals surface area contributed by atoms with Gasteiger partial charge in [0.05, 0.1) is 6.07 Å². The first-order valence-electron chi connectivity index (χ1n) is 8.26. The van der Waals surface area contributed by atoms with Crippen LogP contribution in [0.1, 0.15) is 33.3 Å². The quantitative estimate of drug-likeness (QED) is 0.763. The molecule has 9 heteroatoms. The van der Waals surface area contributed by atoms with Crippen LogP contribution in [0.5, 0.6) is 0 Å². The summed E-state index contributed by atoms with van der Waals surface area (Å²) < 4.78 is 27.6. The Bertz CT molecular complexity index is 851. The van der Waals surface area contributed by atoms with Gasteiger partial charge in [-0.15, -0.1) is 0 Å². The highest BCUT2D eigenvalue weighted by Crippen LogP contribution is 2.31. The van der Waals surface area contributed by atoms with E-state index in [-0.39, 0.29) is 11.5 Å². The molecule has 144 valence electrons. The van der Waals surface area contributed by atoms with Gasteiger partial charge >= 0.3 is 6.03 Å². The summed E-state index contributed by atoms with van der Waals surface area (Å²) in [5, 5.41) is 14.1. The minimum atomic E-state index is -1.85. The molecule has 1 fully saturated rings. The van der Waals surface area contributed by atoms with Crippen molar-refractivity contribution in [1.29, 1.82) is 5.26 Å². The molecule has 0 bridgehead atoms. The second-order valence-corrected chi connectivity index (χ2v) is 7.09. The Kier molecular flexibility index (Phi) is 5.22. The Morgan fingerprint density at radius 2 is 2.04 bits per heavy atom. The van der Waals surface area contributed by atoms with E-state index in [1.54, 1.807) is 13.8 Å². The zero-order valence-electron chi connectivity index (χ0n) is 15.4. The van der Waals surface area contributed by atoms with E-state index in [1.807, 2.05) is 6.07 Å². The number of benzene rings is 1. The number of carbonyl (C=O) groups excluding carboxylic acids is 3. The summed E-state index contributed by atoms with van der Waals surface area (Å²) >= 11 is 0. The number of rotatable bonds is 5. The molecule has 27 heavy (non-hydrogen) atoms. The van der Waals surface area contributed by atoms with Crippen LogP contribution in [0.3, 0.4) is 0 Å². The molecular weight excluding hydrogens is 358 g/mol. The molecule has 0 aromatic heterocycles. The fraction of sp³-hybridized carbons (Fsp3) is 0.444. The lowest BCUT2D eigenvalue weighted by Crippen LogP contribution is -2.52. The Morgan fingerprint density at radius 1 is 1.41 bits per heavy atom. The highest BCUT2D eigenvalue weighted by atomic mass is 19.1. The number of amides is 4. The molecule has 1 aromatic rings. The van der Waals surface area contributed by atoms with E-state index in [4.69, 9.17) is 0 Å². The first kappa shape index (κ1) is 20.3. The monoisotopic (exact) mass is 378 g/mol. The summed E-state index contributed by atoms with van der Waals surface area (Å²) in [5.41, 5.74) is -3.37. The lowest BCUT2D eigenvalue weighted by molar-refractivity contribution is -0.135. The molecular formula is C18H20F2N4O3. The molecule has 1 aromatic carbocycles. The first-order valence-corrected chi connectivity index (χ1v) is 8.26. The minimum absolute atomic E-state index is 0.221. The molecule has 0 spiro atoms. The molecule has 1 aliphatic rings. The molecule has 0 unspecified atom stereocenters. The van der Waals surface area contributed by atoms with Gasteiger partial charge in [-0.05, 0) is 38.0 Å². The number of hydrogen-bond acceptors (Lipinski definition) is 4. The van der Waals surface area contributed by atoms with Gasteiger partial charge in [0.1, 0.15) is 29.3 Å². The Balaban J connectivity index is 2.25. The van der Waals surface area contributed by atoms with E-state index >= 15 is 0 Å². The van der Waals surface area contributed by atoms with Crippen molar-refractivity contribution < 1.29 is 23.2 Å². The van der Waals surface area contributed by atoms with Crippen LogP contribution in [0.2, 0.25) is 0 Å². The average Bonchev–Trinajstić information content (AvgIpc) is 2.80. The average molecular weight is 378 g/mol. The predicted octanol–water partition coefficient (Wildman–Crippen LogP) is 1.79. The van der Waals surface area contributed by atoms with Crippen LogP contribution < -0.4 is 10.6 Å². The maximum atomic E-state index is 14.1. The number of nitriles is 1. The molecule has 2 rings (SSSR count). The van der Waals surface area contributed by atoms with Crippen LogP contribution in [0, 0.1) is 28.9 Å². The predicted molar refractivity (Wildman–Crippen MR) is 91.0 cm³/mol. The van der Waals surface area contributed by atoms with E-state index in [1.165, 1.54) is 13.8 Å². The molecule has 2 N–H and O–H groups in total. The second kappa shape index (κ2) is 6.95. The highest BCUT2D eigenvalue weighted by Gasteiger charge is 2.51. The van der Waals surface area contributed by atoms with Crippen molar-refractivity contribution in [3.63, 3.8) is 0 Å². The lowest BCUT2D eigenvalue weighted by atomic mass is 9.90. The number of hydrogen-bond donors (Lipinski definition) is 2. The van der Waals surface area contributed by atoms with E-state index in [2.05, 4.69) is 10.6 Å². The van der Waals surface area contributed by atoms with Gasteiger partial charge in [0.2, 0.25) is 5.91 Å². The van der Waals surface area contributed by atoms with Gasteiger partial charge in [-0.1, -0.05) is 13.8 Å². The molecule has 0 radical (unpaired) electrons. The zero-order chi connectivity index (χ0) is 20.6. The maximum absolute atomic E-state index is 14.1.